The lowest BCUT2D eigenvalue weighted by Gasteiger charge is -2.37. The second kappa shape index (κ2) is 8.65. The first-order valence-corrected chi connectivity index (χ1v) is 10.7. The molecule has 4 nitrogen and oxygen atoms in total. The van der Waals surface area contributed by atoms with Crippen molar-refractivity contribution in [3.05, 3.63) is 60.2 Å². The van der Waals surface area contributed by atoms with E-state index in [2.05, 4.69) is 71.5 Å². The Balaban J connectivity index is 1.51. The highest BCUT2D eigenvalue weighted by Crippen LogP contribution is 2.40. The molecule has 28 heavy (non-hydrogen) atoms. The van der Waals surface area contributed by atoms with Gasteiger partial charge in [0.05, 0.1) is 6.54 Å². The van der Waals surface area contributed by atoms with Gasteiger partial charge in [-0.2, -0.15) is 5.26 Å². The zero-order chi connectivity index (χ0) is 19.2. The molecular formula is C24H30N4. The number of nitrogens with one attached hydrogen (secondary N) is 2. The van der Waals surface area contributed by atoms with Crippen LogP contribution in [0.25, 0.3) is 0 Å². The van der Waals surface area contributed by atoms with Crippen LogP contribution in [-0.2, 0) is 5.41 Å². The van der Waals surface area contributed by atoms with E-state index in [4.69, 9.17) is 4.99 Å². The van der Waals surface area contributed by atoms with Crippen LogP contribution in [0.5, 0.6) is 0 Å². The van der Waals surface area contributed by atoms with Gasteiger partial charge >= 0.3 is 0 Å². The number of aliphatic imine (C=N–C) groups is 1. The van der Waals surface area contributed by atoms with E-state index in [9.17, 15) is 5.26 Å². The summed E-state index contributed by atoms with van der Waals surface area (Å²) >= 11 is 0. The number of fused-ring (bicyclic) bond motifs is 1. The van der Waals surface area contributed by atoms with Crippen molar-refractivity contribution in [2.75, 3.05) is 6.54 Å². The van der Waals surface area contributed by atoms with Crippen molar-refractivity contribution in [2.24, 2.45) is 16.8 Å². The Bertz CT molecular complexity index is 781. The fourth-order valence-corrected chi connectivity index (χ4v) is 5.26. The van der Waals surface area contributed by atoms with Crippen molar-refractivity contribution in [1.29, 1.82) is 5.26 Å². The first-order chi connectivity index (χ1) is 13.8. The quantitative estimate of drug-likeness (QED) is 0.355. The molecule has 4 heteroatoms. The predicted octanol–water partition coefficient (Wildman–Crippen LogP) is 4.43. The lowest BCUT2D eigenvalue weighted by molar-refractivity contribution is 0.301. The molecule has 3 aliphatic carbocycles. The predicted molar refractivity (Wildman–Crippen MR) is 114 cm³/mol. The van der Waals surface area contributed by atoms with Gasteiger partial charge < -0.3 is 5.32 Å². The number of hydrogen-bond donors (Lipinski definition) is 2. The SMILES string of the molecule is N#CNC(=NCC1(c2ccccc2)CCCCC1)NC1CCC2C=CC=CC21. The monoisotopic (exact) mass is 374 g/mol. The molecule has 2 N–H and O–H groups in total. The minimum atomic E-state index is 0.0925. The third kappa shape index (κ3) is 3.99. The van der Waals surface area contributed by atoms with Crippen LogP contribution < -0.4 is 10.6 Å². The summed E-state index contributed by atoms with van der Waals surface area (Å²) in [5.41, 5.74) is 1.48. The van der Waals surface area contributed by atoms with Crippen LogP contribution >= 0.6 is 0 Å². The van der Waals surface area contributed by atoms with Gasteiger partial charge in [0, 0.05) is 17.4 Å². The highest BCUT2D eigenvalue weighted by atomic mass is 15.2. The molecule has 0 aromatic heterocycles. The lowest BCUT2D eigenvalue weighted by atomic mass is 9.69. The Morgan fingerprint density at radius 3 is 2.64 bits per heavy atom. The van der Waals surface area contributed by atoms with Crippen LogP contribution in [0.2, 0.25) is 0 Å². The molecule has 0 saturated heterocycles. The molecule has 3 unspecified atom stereocenters. The highest BCUT2D eigenvalue weighted by Gasteiger charge is 2.36. The number of nitrogens with zero attached hydrogens (tertiary/aromatic N) is 2. The van der Waals surface area contributed by atoms with E-state index in [0.29, 0.717) is 23.8 Å². The van der Waals surface area contributed by atoms with Crippen molar-refractivity contribution < 1.29 is 0 Å². The van der Waals surface area contributed by atoms with Crippen molar-refractivity contribution in [1.82, 2.24) is 10.6 Å². The van der Waals surface area contributed by atoms with Gasteiger partial charge in [-0.05, 0) is 37.2 Å². The standard InChI is InChI=1S/C24H30N4/c25-18-27-23(28-22-14-13-19-9-5-6-12-21(19)22)26-17-24(15-7-2-8-16-24)20-10-3-1-4-11-20/h1,3-6,9-12,19,21-22H,2,7-8,13-17H2,(H2,26,27,28). The molecule has 3 aliphatic rings. The maximum absolute atomic E-state index is 9.25. The molecule has 2 saturated carbocycles. The van der Waals surface area contributed by atoms with Crippen molar-refractivity contribution >= 4 is 5.96 Å². The summed E-state index contributed by atoms with van der Waals surface area (Å²) in [5, 5.41) is 15.6. The van der Waals surface area contributed by atoms with Crippen LogP contribution in [0.1, 0.15) is 50.5 Å². The summed E-state index contributed by atoms with van der Waals surface area (Å²) in [5.74, 6) is 1.74. The molecule has 0 spiro atoms. The van der Waals surface area contributed by atoms with Gasteiger partial charge in [0.1, 0.15) is 0 Å². The largest absolute Gasteiger partial charge is 0.352 e. The molecular weight excluding hydrogens is 344 g/mol. The third-order valence-corrected chi connectivity index (χ3v) is 6.81. The van der Waals surface area contributed by atoms with Gasteiger partial charge in [0.25, 0.3) is 0 Å². The summed E-state index contributed by atoms with van der Waals surface area (Å²) in [6.07, 6.45) is 19.4. The zero-order valence-corrected chi connectivity index (χ0v) is 16.5. The molecule has 0 amide bonds. The van der Waals surface area contributed by atoms with Crippen molar-refractivity contribution in [3.63, 3.8) is 0 Å². The van der Waals surface area contributed by atoms with Crippen molar-refractivity contribution in [2.45, 2.75) is 56.4 Å². The van der Waals surface area contributed by atoms with Gasteiger partial charge in [-0.25, -0.2) is 0 Å². The van der Waals surface area contributed by atoms with E-state index < -0.39 is 0 Å². The molecule has 1 aromatic carbocycles. The summed E-state index contributed by atoms with van der Waals surface area (Å²) in [7, 11) is 0. The van der Waals surface area contributed by atoms with E-state index >= 15 is 0 Å². The topological polar surface area (TPSA) is 60.2 Å². The molecule has 1 aromatic rings. The fourth-order valence-electron chi connectivity index (χ4n) is 5.26. The van der Waals surface area contributed by atoms with E-state index in [0.717, 1.165) is 13.0 Å². The smallest absolute Gasteiger partial charge is 0.204 e. The molecule has 146 valence electrons. The Kier molecular flexibility index (Phi) is 5.81. The Labute approximate surface area is 168 Å². The van der Waals surface area contributed by atoms with Gasteiger partial charge in [-0.1, -0.05) is 73.9 Å². The molecule has 0 heterocycles. The Morgan fingerprint density at radius 2 is 1.86 bits per heavy atom. The first kappa shape index (κ1) is 18.8. The first-order valence-electron chi connectivity index (χ1n) is 10.7. The van der Waals surface area contributed by atoms with Crippen molar-refractivity contribution in [3.8, 4) is 6.19 Å². The number of nitriles is 1. The van der Waals surface area contributed by atoms with Gasteiger partial charge in [0.15, 0.2) is 6.19 Å². The van der Waals surface area contributed by atoms with E-state index in [1.54, 1.807) is 0 Å². The van der Waals surface area contributed by atoms with Crippen LogP contribution in [0.4, 0.5) is 0 Å². The summed E-state index contributed by atoms with van der Waals surface area (Å²) in [6, 6.07) is 11.2. The average Bonchev–Trinajstić information content (AvgIpc) is 3.16. The second-order valence-electron chi connectivity index (χ2n) is 8.45. The third-order valence-electron chi connectivity index (χ3n) is 6.81. The molecule has 0 radical (unpaired) electrons. The molecule has 4 rings (SSSR count). The maximum atomic E-state index is 9.25. The van der Waals surface area contributed by atoms with E-state index in [-0.39, 0.29) is 5.41 Å². The minimum Gasteiger partial charge on any atom is -0.352 e. The van der Waals surface area contributed by atoms with E-state index in [1.807, 2.05) is 0 Å². The second-order valence-corrected chi connectivity index (χ2v) is 8.45. The Hall–Kier alpha value is -2.54. The fraction of sp³-hybridized carbons (Fsp3) is 0.500. The summed E-state index contributed by atoms with van der Waals surface area (Å²) in [6.45, 7) is 0.727. The maximum Gasteiger partial charge on any atom is 0.204 e. The molecule has 0 aliphatic heterocycles. The van der Waals surface area contributed by atoms with E-state index in [1.165, 1.54) is 44.1 Å². The number of guanidine groups is 1. The van der Waals surface area contributed by atoms with Crippen LogP contribution in [-0.4, -0.2) is 18.5 Å². The molecule has 2 fully saturated rings. The zero-order valence-electron chi connectivity index (χ0n) is 16.5. The minimum absolute atomic E-state index is 0.0925. The number of rotatable bonds is 4. The van der Waals surface area contributed by atoms with Crippen LogP contribution in [0.15, 0.2) is 59.6 Å². The molecule has 3 atom stereocenters. The summed E-state index contributed by atoms with van der Waals surface area (Å²) in [4.78, 5) is 4.92. The molecule has 0 bridgehead atoms. The Morgan fingerprint density at radius 1 is 1.07 bits per heavy atom. The highest BCUT2D eigenvalue weighted by molar-refractivity contribution is 5.81. The van der Waals surface area contributed by atoms with Gasteiger partial charge in [-0.15, -0.1) is 0 Å². The summed E-state index contributed by atoms with van der Waals surface area (Å²) < 4.78 is 0. The van der Waals surface area contributed by atoms with Crippen LogP contribution in [0.3, 0.4) is 0 Å². The van der Waals surface area contributed by atoms with Gasteiger partial charge in [0.2, 0.25) is 5.96 Å². The average molecular weight is 375 g/mol. The van der Waals surface area contributed by atoms with Crippen LogP contribution in [0, 0.1) is 23.3 Å². The van der Waals surface area contributed by atoms with Gasteiger partial charge in [-0.3, -0.25) is 10.3 Å². The lowest BCUT2D eigenvalue weighted by Crippen LogP contribution is -2.45. The number of allylic oxidation sites excluding steroid dienone is 3. The number of benzene rings is 1. The number of hydrogen-bond acceptors (Lipinski definition) is 2. The normalized spacial score (nSPS) is 28.4.